The molecule has 0 spiro atoms. The number of carbonyl (C=O) groups is 3. The molecule has 1 saturated heterocycles. The Morgan fingerprint density at radius 1 is 1.29 bits per heavy atom. The van der Waals surface area contributed by atoms with Crippen LogP contribution >= 0.6 is 0 Å². The Hall–Kier alpha value is -2.41. The van der Waals surface area contributed by atoms with Crippen LogP contribution < -0.4 is 5.32 Å². The molecule has 1 aromatic carbocycles. The third kappa shape index (κ3) is 4.79. The van der Waals surface area contributed by atoms with E-state index in [1.165, 1.54) is 12.1 Å². The molecule has 1 heterocycles. The highest BCUT2D eigenvalue weighted by atomic mass is 16.4. The maximum absolute atomic E-state index is 12.2. The number of likely N-dealkylation sites (tertiary alicyclic amines) is 1. The second-order valence-electron chi connectivity index (χ2n) is 6.26. The summed E-state index contributed by atoms with van der Waals surface area (Å²) in [5.41, 5.74) is 1.03. The summed E-state index contributed by atoms with van der Waals surface area (Å²) in [6.07, 6.45) is 0.247. The lowest BCUT2D eigenvalue weighted by Gasteiger charge is -2.19. The molecule has 7 heteroatoms. The average Bonchev–Trinajstić information content (AvgIpc) is 2.92. The van der Waals surface area contributed by atoms with Crippen molar-refractivity contribution >= 4 is 17.8 Å². The maximum atomic E-state index is 12.2. The number of carboxylic acid groups (broad SMARTS) is 1. The molecule has 0 aliphatic carbocycles. The maximum Gasteiger partial charge on any atom is 0.335 e. The zero-order valence-electron chi connectivity index (χ0n) is 14.0. The second-order valence-corrected chi connectivity index (χ2v) is 6.26. The molecule has 0 aromatic heterocycles. The van der Waals surface area contributed by atoms with Crippen molar-refractivity contribution in [2.75, 3.05) is 33.7 Å². The number of benzene rings is 1. The predicted octanol–water partition coefficient (Wildman–Crippen LogP) is 0.411. The van der Waals surface area contributed by atoms with Gasteiger partial charge in [0.05, 0.1) is 11.5 Å². The summed E-state index contributed by atoms with van der Waals surface area (Å²) in [6.45, 7) is 2.18. The monoisotopic (exact) mass is 333 g/mol. The highest BCUT2D eigenvalue weighted by Gasteiger charge is 2.33. The van der Waals surface area contributed by atoms with Crippen LogP contribution in [0.1, 0.15) is 22.3 Å². The topological polar surface area (TPSA) is 89.9 Å². The van der Waals surface area contributed by atoms with E-state index in [4.69, 9.17) is 5.11 Å². The molecule has 1 aliphatic heterocycles. The van der Waals surface area contributed by atoms with Crippen molar-refractivity contribution in [3.8, 4) is 0 Å². The molecule has 1 fully saturated rings. The quantitative estimate of drug-likeness (QED) is 0.754. The van der Waals surface area contributed by atoms with Crippen LogP contribution in [0.25, 0.3) is 0 Å². The Labute approximate surface area is 141 Å². The number of hydrogen-bond donors (Lipinski definition) is 2. The zero-order chi connectivity index (χ0) is 17.7. The first-order valence-electron chi connectivity index (χ1n) is 7.89. The van der Waals surface area contributed by atoms with Gasteiger partial charge in [-0.1, -0.05) is 12.1 Å². The molecule has 2 rings (SSSR count). The van der Waals surface area contributed by atoms with E-state index in [1.807, 2.05) is 19.0 Å². The van der Waals surface area contributed by atoms with Crippen molar-refractivity contribution in [3.63, 3.8) is 0 Å². The predicted molar refractivity (Wildman–Crippen MR) is 88.5 cm³/mol. The van der Waals surface area contributed by atoms with E-state index in [0.717, 1.165) is 12.1 Å². The van der Waals surface area contributed by atoms with Gasteiger partial charge in [-0.2, -0.15) is 0 Å². The summed E-state index contributed by atoms with van der Waals surface area (Å²) >= 11 is 0. The summed E-state index contributed by atoms with van der Waals surface area (Å²) < 4.78 is 0. The third-order valence-electron chi connectivity index (χ3n) is 4.07. The molecule has 1 aliphatic rings. The lowest BCUT2D eigenvalue weighted by Crippen LogP contribution is -2.35. The van der Waals surface area contributed by atoms with E-state index < -0.39 is 5.97 Å². The van der Waals surface area contributed by atoms with Crippen molar-refractivity contribution in [1.82, 2.24) is 15.1 Å². The minimum absolute atomic E-state index is 0.0165. The van der Waals surface area contributed by atoms with E-state index >= 15 is 0 Å². The summed E-state index contributed by atoms with van der Waals surface area (Å²) in [7, 11) is 3.89. The lowest BCUT2D eigenvalue weighted by molar-refractivity contribution is -0.129. The number of nitrogens with zero attached hydrogens (tertiary/aromatic N) is 2. The van der Waals surface area contributed by atoms with Crippen LogP contribution in [0.2, 0.25) is 0 Å². The molecule has 24 heavy (non-hydrogen) atoms. The number of carboxylic acids is 1. The fourth-order valence-corrected chi connectivity index (χ4v) is 2.58. The molecule has 2 N–H and O–H groups in total. The summed E-state index contributed by atoms with van der Waals surface area (Å²) in [5, 5.41) is 11.7. The highest BCUT2D eigenvalue weighted by Crippen LogP contribution is 2.18. The molecule has 1 atom stereocenters. The molecule has 130 valence electrons. The Balaban J connectivity index is 1.82. The number of carbonyl (C=O) groups excluding carboxylic acids is 2. The summed E-state index contributed by atoms with van der Waals surface area (Å²) in [4.78, 5) is 38.7. The van der Waals surface area contributed by atoms with Crippen molar-refractivity contribution < 1.29 is 19.5 Å². The average molecular weight is 333 g/mol. The van der Waals surface area contributed by atoms with Gasteiger partial charge in [0.2, 0.25) is 11.8 Å². The van der Waals surface area contributed by atoms with Gasteiger partial charge in [0.1, 0.15) is 0 Å². The summed E-state index contributed by atoms with van der Waals surface area (Å²) in [6, 6.07) is 6.36. The van der Waals surface area contributed by atoms with E-state index in [1.54, 1.807) is 17.0 Å². The molecule has 0 radical (unpaired) electrons. The van der Waals surface area contributed by atoms with E-state index in [-0.39, 0.29) is 29.7 Å². The van der Waals surface area contributed by atoms with Gasteiger partial charge in [-0.05, 0) is 31.8 Å². The van der Waals surface area contributed by atoms with Crippen LogP contribution in [-0.4, -0.2) is 66.4 Å². The first-order chi connectivity index (χ1) is 11.4. The van der Waals surface area contributed by atoms with Crippen molar-refractivity contribution in [1.29, 1.82) is 0 Å². The Morgan fingerprint density at radius 3 is 2.54 bits per heavy atom. The Morgan fingerprint density at radius 2 is 1.96 bits per heavy atom. The largest absolute Gasteiger partial charge is 0.478 e. The number of nitrogens with one attached hydrogen (secondary N) is 1. The van der Waals surface area contributed by atoms with Gasteiger partial charge >= 0.3 is 5.97 Å². The molecule has 1 aromatic rings. The van der Waals surface area contributed by atoms with E-state index in [9.17, 15) is 14.4 Å². The molecular weight excluding hydrogens is 310 g/mol. The molecule has 0 unspecified atom stereocenters. The fraction of sp³-hybridized carbons (Fsp3) is 0.471. The number of hydrogen-bond acceptors (Lipinski definition) is 4. The number of likely N-dealkylation sites (N-methyl/N-ethyl adjacent to an activating group) is 1. The Kier molecular flexibility index (Phi) is 5.92. The van der Waals surface area contributed by atoms with Gasteiger partial charge in [0.15, 0.2) is 0 Å². The molecule has 2 amide bonds. The standard InChI is InChI=1S/C17H23N3O4/c1-19(2)7-8-20-11-14(9-15(20)21)16(22)18-10-12-3-5-13(6-4-12)17(23)24/h3-6,14H,7-11H2,1-2H3,(H,18,22)(H,23,24)/t14-/m1/s1. The Bertz CT molecular complexity index is 613. The summed E-state index contributed by atoms with van der Waals surface area (Å²) in [5.74, 6) is -1.42. The van der Waals surface area contributed by atoms with Crippen LogP contribution in [0.3, 0.4) is 0 Å². The normalized spacial score (nSPS) is 17.4. The highest BCUT2D eigenvalue weighted by molar-refractivity contribution is 5.89. The van der Waals surface area contributed by atoms with Gasteiger partial charge in [-0.3, -0.25) is 9.59 Å². The molecular formula is C17H23N3O4. The smallest absolute Gasteiger partial charge is 0.335 e. The first kappa shape index (κ1) is 17.9. The van der Waals surface area contributed by atoms with Crippen LogP contribution in [0, 0.1) is 5.92 Å². The number of amides is 2. The third-order valence-corrected chi connectivity index (χ3v) is 4.07. The van der Waals surface area contributed by atoms with Crippen LogP contribution in [0.5, 0.6) is 0 Å². The van der Waals surface area contributed by atoms with Gasteiger partial charge in [-0.25, -0.2) is 4.79 Å². The van der Waals surface area contributed by atoms with Gasteiger partial charge in [0.25, 0.3) is 0 Å². The molecule has 0 bridgehead atoms. The van der Waals surface area contributed by atoms with Gasteiger partial charge < -0.3 is 20.2 Å². The van der Waals surface area contributed by atoms with Crippen molar-refractivity contribution in [2.24, 2.45) is 5.92 Å². The van der Waals surface area contributed by atoms with Crippen LogP contribution in [-0.2, 0) is 16.1 Å². The molecule has 7 nitrogen and oxygen atoms in total. The van der Waals surface area contributed by atoms with Crippen molar-refractivity contribution in [2.45, 2.75) is 13.0 Å². The minimum atomic E-state index is -0.979. The van der Waals surface area contributed by atoms with Crippen LogP contribution in [0.4, 0.5) is 0 Å². The van der Waals surface area contributed by atoms with Crippen LogP contribution in [0.15, 0.2) is 24.3 Å². The second kappa shape index (κ2) is 7.92. The fourth-order valence-electron chi connectivity index (χ4n) is 2.58. The van der Waals surface area contributed by atoms with E-state index in [2.05, 4.69) is 5.32 Å². The van der Waals surface area contributed by atoms with Gasteiger partial charge in [0, 0.05) is 32.6 Å². The number of rotatable bonds is 7. The minimum Gasteiger partial charge on any atom is -0.478 e. The lowest BCUT2D eigenvalue weighted by atomic mass is 10.1. The van der Waals surface area contributed by atoms with Crippen molar-refractivity contribution in [3.05, 3.63) is 35.4 Å². The number of aromatic carboxylic acids is 1. The molecule has 0 saturated carbocycles. The van der Waals surface area contributed by atoms with E-state index in [0.29, 0.717) is 19.6 Å². The first-order valence-corrected chi connectivity index (χ1v) is 7.89. The van der Waals surface area contributed by atoms with Gasteiger partial charge in [-0.15, -0.1) is 0 Å². The SMILES string of the molecule is CN(C)CCN1C[C@H](C(=O)NCc2ccc(C(=O)O)cc2)CC1=O. The zero-order valence-corrected chi connectivity index (χ0v) is 14.0.